The van der Waals surface area contributed by atoms with Crippen molar-refractivity contribution in [2.24, 2.45) is 5.41 Å². The van der Waals surface area contributed by atoms with Gasteiger partial charge in [0.1, 0.15) is 0 Å². The molecule has 18 heavy (non-hydrogen) atoms. The Bertz CT molecular complexity index is 339. The summed E-state index contributed by atoms with van der Waals surface area (Å²) >= 11 is 0. The average Bonchev–Trinajstić information content (AvgIpc) is 2.38. The third-order valence-electron chi connectivity index (χ3n) is 3.73. The van der Waals surface area contributed by atoms with E-state index in [0.29, 0.717) is 18.0 Å². The molecule has 1 aliphatic rings. The highest BCUT2D eigenvalue weighted by Gasteiger charge is 2.23. The molecule has 2 N–H and O–H groups in total. The lowest BCUT2D eigenvalue weighted by Crippen LogP contribution is -2.32. The molecule has 0 aliphatic heterocycles. The highest BCUT2D eigenvalue weighted by atomic mass is 32.2. The van der Waals surface area contributed by atoms with Crippen molar-refractivity contribution in [3.63, 3.8) is 0 Å². The van der Waals surface area contributed by atoms with E-state index in [4.69, 9.17) is 0 Å². The summed E-state index contributed by atoms with van der Waals surface area (Å²) in [4.78, 5) is 0. The predicted octanol–water partition coefficient (Wildman–Crippen LogP) is 1.87. The van der Waals surface area contributed by atoms with Crippen molar-refractivity contribution in [3.8, 4) is 0 Å². The Balaban J connectivity index is 2.12. The maximum absolute atomic E-state index is 10.9. The van der Waals surface area contributed by atoms with E-state index in [0.717, 1.165) is 13.0 Å². The molecule has 0 saturated heterocycles. The van der Waals surface area contributed by atoms with Gasteiger partial charge in [0.15, 0.2) is 0 Å². The molecule has 0 aromatic rings. The molecular formula is C13H28N2O2S. The van der Waals surface area contributed by atoms with E-state index in [1.807, 2.05) is 0 Å². The van der Waals surface area contributed by atoms with Crippen molar-refractivity contribution >= 4 is 10.0 Å². The molecule has 1 saturated carbocycles. The molecule has 0 aromatic carbocycles. The number of sulfonamides is 1. The first-order valence-corrected chi connectivity index (χ1v) is 8.86. The van der Waals surface area contributed by atoms with Crippen LogP contribution in [0.2, 0.25) is 0 Å². The van der Waals surface area contributed by atoms with E-state index in [2.05, 4.69) is 23.9 Å². The van der Waals surface area contributed by atoms with Crippen LogP contribution in [0.25, 0.3) is 0 Å². The van der Waals surface area contributed by atoms with Crippen LogP contribution in [-0.2, 0) is 10.0 Å². The van der Waals surface area contributed by atoms with Gasteiger partial charge in [-0.1, -0.05) is 20.3 Å². The standard InChI is InChI=1S/C13H28N2O2S/c1-13(2)8-4-6-12(7-9-13)14-10-5-11-15-18(3,16)17/h12,14-15H,4-11H2,1-3H3. The number of hydrogen-bond donors (Lipinski definition) is 2. The summed E-state index contributed by atoms with van der Waals surface area (Å²) in [7, 11) is -3.03. The van der Waals surface area contributed by atoms with Gasteiger partial charge < -0.3 is 5.32 Å². The maximum atomic E-state index is 10.9. The molecule has 0 amide bonds. The normalized spacial score (nSPS) is 24.7. The van der Waals surface area contributed by atoms with Crippen molar-refractivity contribution in [2.75, 3.05) is 19.3 Å². The topological polar surface area (TPSA) is 58.2 Å². The minimum Gasteiger partial charge on any atom is -0.314 e. The van der Waals surface area contributed by atoms with Crippen molar-refractivity contribution < 1.29 is 8.42 Å². The van der Waals surface area contributed by atoms with E-state index in [1.165, 1.54) is 38.4 Å². The second kappa shape index (κ2) is 6.87. The number of rotatable bonds is 6. The fraction of sp³-hybridized carbons (Fsp3) is 1.00. The Labute approximate surface area is 112 Å². The Kier molecular flexibility index (Phi) is 6.08. The van der Waals surface area contributed by atoms with Gasteiger partial charge in [-0.2, -0.15) is 0 Å². The molecule has 1 rings (SSSR count). The van der Waals surface area contributed by atoms with Crippen LogP contribution >= 0.6 is 0 Å². The predicted molar refractivity (Wildman–Crippen MR) is 76.1 cm³/mol. The molecular weight excluding hydrogens is 248 g/mol. The third-order valence-corrected chi connectivity index (χ3v) is 4.46. The van der Waals surface area contributed by atoms with E-state index < -0.39 is 10.0 Å². The molecule has 4 nitrogen and oxygen atoms in total. The minimum atomic E-state index is -3.03. The summed E-state index contributed by atoms with van der Waals surface area (Å²) in [5.74, 6) is 0. The van der Waals surface area contributed by atoms with Crippen molar-refractivity contribution in [2.45, 2.75) is 58.4 Å². The largest absolute Gasteiger partial charge is 0.314 e. The van der Waals surface area contributed by atoms with Gasteiger partial charge in [0.2, 0.25) is 10.0 Å². The van der Waals surface area contributed by atoms with E-state index in [1.54, 1.807) is 0 Å². The maximum Gasteiger partial charge on any atom is 0.208 e. The molecule has 1 fully saturated rings. The van der Waals surface area contributed by atoms with Gasteiger partial charge >= 0.3 is 0 Å². The molecule has 1 atom stereocenters. The van der Waals surface area contributed by atoms with Crippen molar-refractivity contribution in [3.05, 3.63) is 0 Å². The summed E-state index contributed by atoms with van der Waals surface area (Å²) in [6.07, 6.45) is 8.45. The zero-order valence-corrected chi connectivity index (χ0v) is 12.8. The van der Waals surface area contributed by atoms with E-state index >= 15 is 0 Å². The van der Waals surface area contributed by atoms with Gasteiger partial charge in [-0.25, -0.2) is 13.1 Å². The van der Waals surface area contributed by atoms with Gasteiger partial charge in [0.05, 0.1) is 6.26 Å². The Morgan fingerprint density at radius 1 is 1.17 bits per heavy atom. The zero-order chi connectivity index (χ0) is 13.6. The summed E-state index contributed by atoms with van der Waals surface area (Å²) in [6, 6.07) is 0.616. The molecule has 0 bridgehead atoms. The fourth-order valence-corrected chi connectivity index (χ4v) is 3.03. The van der Waals surface area contributed by atoms with E-state index in [-0.39, 0.29) is 0 Å². The second-order valence-corrected chi connectivity index (χ2v) is 8.10. The van der Waals surface area contributed by atoms with Crippen LogP contribution < -0.4 is 10.0 Å². The zero-order valence-electron chi connectivity index (χ0n) is 12.0. The van der Waals surface area contributed by atoms with Crippen LogP contribution in [0.5, 0.6) is 0 Å². The van der Waals surface area contributed by atoms with Gasteiger partial charge in [0, 0.05) is 12.6 Å². The average molecular weight is 276 g/mol. The fourth-order valence-electron chi connectivity index (χ4n) is 2.52. The van der Waals surface area contributed by atoms with Crippen LogP contribution in [0.3, 0.4) is 0 Å². The molecule has 1 unspecified atom stereocenters. The van der Waals surface area contributed by atoms with Gasteiger partial charge in [-0.15, -0.1) is 0 Å². The molecule has 0 aromatic heterocycles. The lowest BCUT2D eigenvalue weighted by atomic mass is 9.85. The van der Waals surface area contributed by atoms with Gasteiger partial charge in [0.25, 0.3) is 0 Å². The summed E-state index contributed by atoms with van der Waals surface area (Å²) in [5, 5.41) is 3.55. The Morgan fingerprint density at radius 3 is 2.56 bits per heavy atom. The highest BCUT2D eigenvalue weighted by molar-refractivity contribution is 7.88. The van der Waals surface area contributed by atoms with Crippen LogP contribution in [0.1, 0.15) is 52.4 Å². The quantitative estimate of drug-likeness (QED) is 0.575. The Hall–Kier alpha value is -0.130. The first-order chi connectivity index (χ1) is 8.29. The molecule has 1 aliphatic carbocycles. The minimum absolute atomic E-state index is 0.494. The first-order valence-electron chi connectivity index (χ1n) is 6.97. The van der Waals surface area contributed by atoms with Crippen LogP contribution in [0.15, 0.2) is 0 Å². The molecule has 0 heterocycles. The lowest BCUT2D eigenvalue weighted by Gasteiger charge is -2.22. The van der Waals surface area contributed by atoms with Crippen LogP contribution in [-0.4, -0.2) is 33.8 Å². The summed E-state index contributed by atoms with van der Waals surface area (Å²) in [5.41, 5.74) is 0.494. The SMILES string of the molecule is CC1(C)CCCC(NCCCNS(C)(=O)=O)CC1. The first kappa shape index (κ1) is 15.9. The van der Waals surface area contributed by atoms with Crippen molar-refractivity contribution in [1.29, 1.82) is 0 Å². The third kappa shape index (κ3) is 7.34. The molecule has 108 valence electrons. The molecule has 5 heteroatoms. The van der Waals surface area contributed by atoms with Crippen LogP contribution in [0, 0.1) is 5.41 Å². The molecule has 0 radical (unpaired) electrons. The van der Waals surface area contributed by atoms with Gasteiger partial charge in [-0.3, -0.25) is 0 Å². The number of nitrogens with one attached hydrogen (secondary N) is 2. The summed E-state index contributed by atoms with van der Waals surface area (Å²) in [6.45, 7) is 6.13. The smallest absolute Gasteiger partial charge is 0.208 e. The monoisotopic (exact) mass is 276 g/mol. The number of hydrogen-bond acceptors (Lipinski definition) is 3. The van der Waals surface area contributed by atoms with Gasteiger partial charge in [-0.05, 0) is 44.1 Å². The summed E-state index contributed by atoms with van der Waals surface area (Å²) < 4.78 is 24.3. The Morgan fingerprint density at radius 2 is 1.89 bits per heavy atom. The van der Waals surface area contributed by atoms with Crippen LogP contribution in [0.4, 0.5) is 0 Å². The molecule has 0 spiro atoms. The lowest BCUT2D eigenvalue weighted by molar-refractivity contribution is 0.309. The second-order valence-electron chi connectivity index (χ2n) is 6.27. The van der Waals surface area contributed by atoms with Crippen molar-refractivity contribution in [1.82, 2.24) is 10.0 Å². The highest BCUT2D eigenvalue weighted by Crippen LogP contribution is 2.33. The van der Waals surface area contributed by atoms with E-state index in [9.17, 15) is 8.42 Å².